The first-order valence-corrected chi connectivity index (χ1v) is 8.28. The van der Waals surface area contributed by atoms with Gasteiger partial charge in [-0.2, -0.15) is 0 Å². The second-order valence-corrected chi connectivity index (χ2v) is 6.46. The smallest absolute Gasteiger partial charge is 0.251 e. The predicted octanol–water partition coefficient (Wildman–Crippen LogP) is 3.61. The zero-order valence-electron chi connectivity index (χ0n) is 13.8. The molecule has 1 saturated heterocycles. The van der Waals surface area contributed by atoms with E-state index >= 15 is 0 Å². The Labute approximate surface area is 141 Å². The highest BCUT2D eigenvalue weighted by Crippen LogP contribution is 2.34. The molecule has 1 N–H and O–H groups in total. The second kappa shape index (κ2) is 7.14. The maximum Gasteiger partial charge on any atom is 0.251 e. The quantitative estimate of drug-likeness (QED) is 0.931. The number of carbonyl (C=O) groups excluding carboxylic acids is 1. The highest BCUT2D eigenvalue weighted by molar-refractivity contribution is 5.94. The molecule has 0 atom stereocenters. The molecule has 1 amide bonds. The van der Waals surface area contributed by atoms with E-state index < -0.39 is 5.82 Å². The van der Waals surface area contributed by atoms with Crippen molar-refractivity contribution in [1.82, 2.24) is 5.32 Å². The molecule has 2 aromatic rings. The minimum atomic E-state index is -0.401. The predicted molar refractivity (Wildman–Crippen MR) is 91.6 cm³/mol. The molecule has 1 aliphatic heterocycles. The topological polar surface area (TPSA) is 38.3 Å². The van der Waals surface area contributed by atoms with E-state index in [1.807, 2.05) is 0 Å². The largest absolute Gasteiger partial charge is 0.381 e. The summed E-state index contributed by atoms with van der Waals surface area (Å²) in [5, 5.41) is 2.99. The number of nitrogens with one attached hydrogen (secondary N) is 1. The van der Waals surface area contributed by atoms with Crippen molar-refractivity contribution in [3.05, 3.63) is 71.0 Å². The third kappa shape index (κ3) is 3.65. The summed E-state index contributed by atoms with van der Waals surface area (Å²) in [7, 11) is 0. The third-order valence-electron chi connectivity index (χ3n) is 4.75. The molecule has 1 heterocycles. The van der Waals surface area contributed by atoms with Gasteiger partial charge in [0.1, 0.15) is 5.82 Å². The lowest BCUT2D eigenvalue weighted by molar-refractivity contribution is 0.0487. The highest BCUT2D eigenvalue weighted by Gasteiger charge is 2.35. The molecule has 4 heteroatoms. The summed E-state index contributed by atoms with van der Waals surface area (Å²) in [6.45, 7) is 3.96. The fraction of sp³-hybridized carbons (Fsp3) is 0.350. The zero-order chi connectivity index (χ0) is 17.0. The Bertz CT molecular complexity index is 723. The fourth-order valence-electron chi connectivity index (χ4n) is 3.29. The molecule has 2 aromatic carbocycles. The van der Waals surface area contributed by atoms with Crippen LogP contribution in [0, 0.1) is 12.7 Å². The van der Waals surface area contributed by atoms with Crippen LogP contribution < -0.4 is 5.32 Å². The van der Waals surface area contributed by atoms with Crippen LogP contribution >= 0.6 is 0 Å². The number of benzene rings is 2. The van der Waals surface area contributed by atoms with Crippen molar-refractivity contribution in [2.75, 3.05) is 19.8 Å². The van der Waals surface area contributed by atoms with Crippen LogP contribution in [0.25, 0.3) is 0 Å². The van der Waals surface area contributed by atoms with Crippen LogP contribution in [0.1, 0.15) is 34.3 Å². The summed E-state index contributed by atoms with van der Waals surface area (Å²) < 4.78 is 18.8. The number of amides is 1. The van der Waals surface area contributed by atoms with E-state index in [4.69, 9.17) is 4.74 Å². The Hall–Kier alpha value is -2.20. The normalized spacial score (nSPS) is 16.6. The van der Waals surface area contributed by atoms with Gasteiger partial charge in [0.25, 0.3) is 5.91 Å². The van der Waals surface area contributed by atoms with Crippen molar-refractivity contribution in [2.24, 2.45) is 0 Å². The van der Waals surface area contributed by atoms with Crippen molar-refractivity contribution in [2.45, 2.75) is 25.2 Å². The van der Waals surface area contributed by atoms with Gasteiger partial charge in [-0.25, -0.2) is 4.39 Å². The Morgan fingerprint density at radius 1 is 1.17 bits per heavy atom. The molecule has 0 saturated carbocycles. The minimum Gasteiger partial charge on any atom is -0.381 e. The molecule has 0 spiro atoms. The molecule has 1 aliphatic rings. The maximum absolute atomic E-state index is 13.3. The SMILES string of the molecule is Cc1cccc(C2(CNC(=O)c3cccc(F)c3)CCOCC2)c1. The molecule has 0 radical (unpaired) electrons. The van der Waals surface area contributed by atoms with E-state index in [0.717, 1.165) is 12.8 Å². The van der Waals surface area contributed by atoms with Crippen molar-refractivity contribution < 1.29 is 13.9 Å². The lowest BCUT2D eigenvalue weighted by Crippen LogP contribution is -2.44. The van der Waals surface area contributed by atoms with Crippen LogP contribution in [0.5, 0.6) is 0 Å². The average molecular weight is 327 g/mol. The highest BCUT2D eigenvalue weighted by atomic mass is 19.1. The van der Waals surface area contributed by atoms with Crippen LogP contribution in [0.3, 0.4) is 0 Å². The van der Waals surface area contributed by atoms with Crippen molar-refractivity contribution >= 4 is 5.91 Å². The van der Waals surface area contributed by atoms with Crippen LogP contribution in [0.4, 0.5) is 4.39 Å². The first-order valence-electron chi connectivity index (χ1n) is 8.28. The molecule has 0 aromatic heterocycles. The fourth-order valence-corrected chi connectivity index (χ4v) is 3.29. The summed E-state index contributed by atoms with van der Waals surface area (Å²) >= 11 is 0. The Morgan fingerprint density at radius 2 is 1.92 bits per heavy atom. The van der Waals surface area contributed by atoms with E-state index in [9.17, 15) is 9.18 Å². The zero-order valence-corrected chi connectivity index (χ0v) is 13.8. The molecular weight excluding hydrogens is 305 g/mol. The standard InChI is InChI=1S/C20H22FNO2/c1-15-4-2-6-17(12-15)20(8-10-24-11-9-20)14-22-19(23)16-5-3-7-18(21)13-16/h2-7,12-13H,8-11,14H2,1H3,(H,22,23). The van der Waals surface area contributed by atoms with Gasteiger partial charge in [0, 0.05) is 30.7 Å². The van der Waals surface area contributed by atoms with Crippen LogP contribution in [0.15, 0.2) is 48.5 Å². The molecule has 0 bridgehead atoms. The van der Waals surface area contributed by atoms with Gasteiger partial charge in [-0.05, 0) is 43.5 Å². The van der Waals surface area contributed by atoms with Gasteiger partial charge in [-0.15, -0.1) is 0 Å². The summed E-state index contributed by atoms with van der Waals surface area (Å²) in [5.74, 6) is -0.643. The first kappa shape index (κ1) is 16.7. The minimum absolute atomic E-state index is 0.132. The van der Waals surface area contributed by atoms with Crippen molar-refractivity contribution in [1.29, 1.82) is 0 Å². The van der Waals surface area contributed by atoms with E-state index in [2.05, 4.69) is 36.5 Å². The number of aryl methyl sites for hydroxylation is 1. The number of carbonyl (C=O) groups is 1. The summed E-state index contributed by atoms with van der Waals surface area (Å²) in [6, 6.07) is 14.2. The molecule has 0 unspecified atom stereocenters. The molecule has 0 aliphatic carbocycles. The Kier molecular flexibility index (Phi) is 4.95. The van der Waals surface area contributed by atoms with Gasteiger partial charge < -0.3 is 10.1 Å². The average Bonchev–Trinajstić information content (AvgIpc) is 2.60. The number of hydrogen-bond donors (Lipinski definition) is 1. The summed E-state index contributed by atoms with van der Waals surface area (Å²) in [5.41, 5.74) is 2.65. The molecule has 126 valence electrons. The van der Waals surface area contributed by atoms with Crippen molar-refractivity contribution in [3.63, 3.8) is 0 Å². The Morgan fingerprint density at radius 3 is 2.62 bits per heavy atom. The molecule has 3 nitrogen and oxygen atoms in total. The number of halogens is 1. The third-order valence-corrected chi connectivity index (χ3v) is 4.75. The molecular formula is C20H22FNO2. The summed E-state index contributed by atoms with van der Waals surface area (Å²) in [4.78, 5) is 12.4. The van der Waals surface area contributed by atoms with Gasteiger partial charge in [0.15, 0.2) is 0 Å². The van der Waals surface area contributed by atoms with Gasteiger partial charge in [-0.3, -0.25) is 4.79 Å². The number of hydrogen-bond acceptors (Lipinski definition) is 2. The van der Waals surface area contributed by atoms with Crippen molar-refractivity contribution in [3.8, 4) is 0 Å². The van der Waals surface area contributed by atoms with Gasteiger partial charge in [-0.1, -0.05) is 35.9 Å². The van der Waals surface area contributed by atoms with Crippen LogP contribution in [-0.2, 0) is 10.2 Å². The number of rotatable bonds is 4. The van der Waals surface area contributed by atoms with E-state index in [-0.39, 0.29) is 11.3 Å². The monoisotopic (exact) mass is 327 g/mol. The van der Waals surface area contributed by atoms with Gasteiger partial charge >= 0.3 is 0 Å². The molecule has 1 fully saturated rings. The Balaban J connectivity index is 1.79. The molecule has 24 heavy (non-hydrogen) atoms. The van der Waals surface area contributed by atoms with E-state index in [0.29, 0.717) is 25.3 Å². The number of ether oxygens (including phenoxy) is 1. The van der Waals surface area contributed by atoms with Crippen LogP contribution in [0.2, 0.25) is 0 Å². The first-order chi connectivity index (χ1) is 11.6. The second-order valence-electron chi connectivity index (χ2n) is 6.46. The van der Waals surface area contributed by atoms with Crippen LogP contribution in [-0.4, -0.2) is 25.7 Å². The lowest BCUT2D eigenvalue weighted by atomic mass is 9.73. The maximum atomic E-state index is 13.3. The van der Waals surface area contributed by atoms with E-state index in [1.165, 1.54) is 23.3 Å². The molecule has 3 rings (SSSR count). The van der Waals surface area contributed by atoms with Gasteiger partial charge in [0.2, 0.25) is 0 Å². The van der Waals surface area contributed by atoms with E-state index in [1.54, 1.807) is 12.1 Å². The summed E-state index contributed by atoms with van der Waals surface area (Å²) in [6.07, 6.45) is 1.72. The lowest BCUT2D eigenvalue weighted by Gasteiger charge is -2.38. The van der Waals surface area contributed by atoms with Gasteiger partial charge in [0.05, 0.1) is 0 Å².